The quantitative estimate of drug-likeness (QED) is 0.808. The Morgan fingerprint density at radius 3 is 2.10 bits per heavy atom. The molecule has 2 amide bonds. The lowest BCUT2D eigenvalue weighted by atomic mass is 9.97. The first-order valence-corrected chi connectivity index (χ1v) is 9.13. The molecule has 0 saturated heterocycles. The number of amides is 2. The first kappa shape index (κ1) is 20.3. The predicted octanol–water partition coefficient (Wildman–Crippen LogP) is 3.01. The molecule has 0 fully saturated rings. The van der Waals surface area contributed by atoms with Gasteiger partial charge in [-0.1, -0.05) is 12.1 Å². The van der Waals surface area contributed by atoms with Crippen molar-refractivity contribution < 1.29 is 19.0 Å². The number of benzene rings is 2. The molecule has 0 radical (unpaired) electrons. The van der Waals surface area contributed by atoms with Crippen LogP contribution in [0.1, 0.15) is 23.6 Å². The maximum absolute atomic E-state index is 12.0. The van der Waals surface area contributed by atoms with E-state index in [0.717, 1.165) is 16.8 Å². The van der Waals surface area contributed by atoms with Crippen molar-refractivity contribution in [3.8, 4) is 17.2 Å². The first-order chi connectivity index (χ1) is 13.9. The van der Waals surface area contributed by atoms with Crippen LogP contribution in [-0.4, -0.2) is 52.2 Å². The summed E-state index contributed by atoms with van der Waals surface area (Å²) in [5.74, 6) is 1.54. The zero-order valence-corrected chi connectivity index (χ0v) is 17.3. The molecular weight excluding hydrogens is 372 g/mol. The molecule has 0 saturated carbocycles. The Labute approximate surface area is 170 Å². The molecule has 2 aromatic carbocycles. The minimum atomic E-state index is -0.603. The van der Waals surface area contributed by atoms with E-state index in [1.54, 1.807) is 21.3 Å². The van der Waals surface area contributed by atoms with E-state index in [2.05, 4.69) is 5.10 Å². The van der Waals surface area contributed by atoms with Crippen LogP contribution in [0.3, 0.4) is 0 Å². The number of methoxy groups -OCH3 is 3. The van der Waals surface area contributed by atoms with E-state index >= 15 is 0 Å². The smallest absolute Gasteiger partial charge is 0.335 e. The lowest BCUT2D eigenvalue weighted by Gasteiger charge is -2.21. The monoisotopic (exact) mass is 398 g/mol. The highest BCUT2D eigenvalue weighted by Gasteiger charge is 2.32. The number of hydrazone groups is 1. The topological polar surface area (TPSA) is 89.6 Å². The molecule has 8 heteroatoms. The molecule has 154 valence electrons. The van der Waals surface area contributed by atoms with Gasteiger partial charge in [0.25, 0.3) is 0 Å². The number of nitrogens with zero attached hydrogens (tertiary/aromatic N) is 3. The molecule has 1 atom stereocenters. The standard InChI is InChI=1S/C21H26N4O4/c1-24(2)15-8-6-13(7-9-15)17-12-16(23-25(17)21(22)26)14-10-18(27-3)20(29-5)19(11-14)28-4/h6-11,17H,12H2,1-5H3,(H2,22,26). The number of nitrogens with two attached hydrogens (primary N) is 1. The van der Waals surface area contributed by atoms with Crippen molar-refractivity contribution in [2.75, 3.05) is 40.3 Å². The van der Waals surface area contributed by atoms with Crippen LogP contribution in [0.25, 0.3) is 0 Å². The van der Waals surface area contributed by atoms with Gasteiger partial charge in [0, 0.05) is 31.8 Å². The normalized spacial score (nSPS) is 15.7. The number of urea groups is 1. The maximum Gasteiger partial charge on any atom is 0.335 e. The van der Waals surface area contributed by atoms with E-state index in [0.29, 0.717) is 29.4 Å². The number of primary amides is 1. The van der Waals surface area contributed by atoms with Gasteiger partial charge in [-0.3, -0.25) is 0 Å². The molecule has 8 nitrogen and oxygen atoms in total. The molecule has 3 rings (SSSR count). The summed E-state index contributed by atoms with van der Waals surface area (Å²) in [5.41, 5.74) is 9.12. The molecule has 0 spiro atoms. The van der Waals surface area contributed by atoms with Gasteiger partial charge in [0.2, 0.25) is 5.75 Å². The van der Waals surface area contributed by atoms with Gasteiger partial charge in [0.1, 0.15) is 0 Å². The molecule has 1 unspecified atom stereocenters. The zero-order valence-electron chi connectivity index (χ0n) is 17.3. The highest BCUT2D eigenvalue weighted by molar-refractivity contribution is 6.04. The van der Waals surface area contributed by atoms with Gasteiger partial charge in [-0.2, -0.15) is 5.10 Å². The summed E-state index contributed by atoms with van der Waals surface area (Å²) in [4.78, 5) is 14.1. The van der Waals surface area contributed by atoms with E-state index in [-0.39, 0.29) is 6.04 Å². The summed E-state index contributed by atoms with van der Waals surface area (Å²) in [7, 11) is 8.62. The predicted molar refractivity (Wildman–Crippen MR) is 112 cm³/mol. The first-order valence-electron chi connectivity index (χ1n) is 9.13. The van der Waals surface area contributed by atoms with Gasteiger partial charge < -0.3 is 24.8 Å². The summed E-state index contributed by atoms with van der Waals surface area (Å²) in [6, 6.07) is 10.7. The highest BCUT2D eigenvalue weighted by atomic mass is 16.5. The second kappa shape index (κ2) is 8.30. The molecule has 1 aliphatic heterocycles. The summed E-state index contributed by atoms with van der Waals surface area (Å²) in [6.07, 6.45) is 0.517. The van der Waals surface area contributed by atoms with E-state index < -0.39 is 6.03 Å². The van der Waals surface area contributed by atoms with Gasteiger partial charge >= 0.3 is 6.03 Å². The summed E-state index contributed by atoms with van der Waals surface area (Å²) < 4.78 is 16.2. The average molecular weight is 398 g/mol. The Bertz CT molecular complexity index is 900. The van der Waals surface area contributed by atoms with Gasteiger partial charge in [-0.05, 0) is 29.8 Å². The Kier molecular flexibility index (Phi) is 5.81. The largest absolute Gasteiger partial charge is 0.493 e. The number of carbonyl (C=O) groups excluding carboxylic acids is 1. The third-order valence-corrected chi connectivity index (χ3v) is 4.93. The molecule has 2 aromatic rings. The zero-order chi connectivity index (χ0) is 21.1. The Morgan fingerprint density at radius 1 is 1.07 bits per heavy atom. The van der Waals surface area contributed by atoms with Crippen LogP contribution in [-0.2, 0) is 0 Å². The van der Waals surface area contributed by atoms with Crippen molar-refractivity contribution in [1.29, 1.82) is 0 Å². The van der Waals surface area contributed by atoms with Gasteiger partial charge in [0.15, 0.2) is 11.5 Å². The Hall–Kier alpha value is -3.42. The van der Waals surface area contributed by atoms with Crippen LogP contribution in [0.5, 0.6) is 17.2 Å². The van der Waals surface area contributed by atoms with Gasteiger partial charge in [-0.25, -0.2) is 9.80 Å². The number of rotatable bonds is 6. The summed E-state index contributed by atoms with van der Waals surface area (Å²) in [6.45, 7) is 0. The van der Waals surface area contributed by atoms with Gasteiger partial charge in [-0.15, -0.1) is 0 Å². The second-order valence-corrected chi connectivity index (χ2v) is 6.85. The van der Waals surface area contributed by atoms with Crippen LogP contribution >= 0.6 is 0 Å². The van der Waals surface area contributed by atoms with Crippen LogP contribution < -0.4 is 24.8 Å². The molecular formula is C21H26N4O4. The molecule has 0 aliphatic carbocycles. The van der Waals surface area contributed by atoms with Crippen LogP contribution in [0.15, 0.2) is 41.5 Å². The molecule has 0 bridgehead atoms. The van der Waals surface area contributed by atoms with E-state index in [4.69, 9.17) is 19.9 Å². The third-order valence-electron chi connectivity index (χ3n) is 4.93. The van der Waals surface area contributed by atoms with Crippen molar-refractivity contribution in [3.05, 3.63) is 47.5 Å². The number of carbonyl (C=O) groups is 1. The summed E-state index contributed by atoms with van der Waals surface area (Å²) >= 11 is 0. The maximum atomic E-state index is 12.0. The fraction of sp³-hybridized carbons (Fsp3) is 0.333. The van der Waals surface area contributed by atoms with Crippen molar-refractivity contribution in [1.82, 2.24) is 5.01 Å². The van der Waals surface area contributed by atoms with Crippen molar-refractivity contribution in [2.45, 2.75) is 12.5 Å². The Morgan fingerprint density at radius 2 is 1.66 bits per heavy atom. The average Bonchev–Trinajstić information content (AvgIpc) is 3.18. The number of anilines is 1. The molecule has 1 heterocycles. The second-order valence-electron chi connectivity index (χ2n) is 6.85. The van der Waals surface area contributed by atoms with Crippen LogP contribution in [0, 0.1) is 0 Å². The molecule has 2 N–H and O–H groups in total. The SMILES string of the molecule is COc1cc(C2=NN(C(N)=O)C(c3ccc(N(C)C)cc3)C2)cc(OC)c1OC. The third kappa shape index (κ3) is 3.91. The van der Waals surface area contributed by atoms with E-state index in [1.165, 1.54) is 5.01 Å². The minimum Gasteiger partial charge on any atom is -0.493 e. The van der Waals surface area contributed by atoms with E-state index in [1.807, 2.05) is 55.4 Å². The minimum absolute atomic E-state index is 0.280. The number of hydrogen-bond donors (Lipinski definition) is 1. The molecule has 1 aliphatic rings. The molecule has 0 aromatic heterocycles. The number of hydrogen-bond acceptors (Lipinski definition) is 6. The van der Waals surface area contributed by atoms with Crippen molar-refractivity contribution >= 4 is 17.4 Å². The van der Waals surface area contributed by atoms with Gasteiger partial charge in [0.05, 0.1) is 33.1 Å². The lowest BCUT2D eigenvalue weighted by molar-refractivity contribution is 0.196. The summed E-state index contributed by atoms with van der Waals surface area (Å²) in [5, 5.41) is 5.82. The van der Waals surface area contributed by atoms with Crippen LogP contribution in [0.2, 0.25) is 0 Å². The molecule has 29 heavy (non-hydrogen) atoms. The fourth-order valence-electron chi connectivity index (χ4n) is 3.39. The van der Waals surface area contributed by atoms with Crippen LogP contribution in [0.4, 0.5) is 10.5 Å². The lowest BCUT2D eigenvalue weighted by Crippen LogP contribution is -2.31. The number of ether oxygens (including phenoxy) is 3. The highest BCUT2D eigenvalue weighted by Crippen LogP contribution is 2.40. The van der Waals surface area contributed by atoms with Crippen molar-refractivity contribution in [3.63, 3.8) is 0 Å². The van der Waals surface area contributed by atoms with E-state index in [9.17, 15) is 4.79 Å². The van der Waals surface area contributed by atoms with Crippen molar-refractivity contribution in [2.24, 2.45) is 10.8 Å². The Balaban J connectivity index is 1.97. The fourth-order valence-corrected chi connectivity index (χ4v) is 3.39.